The second-order valence-electron chi connectivity index (χ2n) is 7.19. The van der Waals surface area contributed by atoms with Crippen molar-refractivity contribution < 1.29 is 22.4 Å². The topological polar surface area (TPSA) is 95.6 Å². The molecule has 166 valence electrons. The molecule has 0 atom stereocenters. The molecule has 0 unspecified atom stereocenters. The largest absolute Gasteiger partial charge is 0.348 e. The summed E-state index contributed by atoms with van der Waals surface area (Å²) in [7, 11) is -0.664. The molecule has 9 heteroatoms. The van der Waals surface area contributed by atoms with Crippen molar-refractivity contribution in [2.75, 3.05) is 18.8 Å². The van der Waals surface area contributed by atoms with Gasteiger partial charge in [0.15, 0.2) is 0 Å². The first-order valence-electron chi connectivity index (χ1n) is 9.63. The van der Waals surface area contributed by atoms with Gasteiger partial charge in [-0.2, -0.15) is 0 Å². The molecule has 0 heterocycles. The summed E-state index contributed by atoms with van der Waals surface area (Å²) in [4.78, 5) is 25.7. The number of para-hydroxylation sites is 1. The molecule has 2 amide bonds. The van der Waals surface area contributed by atoms with E-state index in [9.17, 15) is 22.4 Å². The van der Waals surface area contributed by atoms with Crippen LogP contribution in [0.3, 0.4) is 0 Å². The van der Waals surface area contributed by atoms with Gasteiger partial charge in [-0.15, -0.1) is 0 Å². The lowest BCUT2D eigenvalue weighted by atomic mass is 10.1. The van der Waals surface area contributed by atoms with E-state index in [4.69, 9.17) is 0 Å². The Kier molecular flexibility index (Phi) is 6.89. The van der Waals surface area contributed by atoms with Crippen molar-refractivity contribution in [1.29, 1.82) is 0 Å². The summed E-state index contributed by atoms with van der Waals surface area (Å²) in [6.07, 6.45) is 0. The minimum absolute atomic E-state index is 0.0987. The monoisotopic (exact) mass is 455 g/mol. The number of benzene rings is 3. The molecule has 0 aliphatic heterocycles. The van der Waals surface area contributed by atoms with Gasteiger partial charge in [-0.05, 0) is 54.1 Å². The first-order valence-corrected chi connectivity index (χ1v) is 11.1. The third-order valence-electron chi connectivity index (χ3n) is 4.61. The van der Waals surface area contributed by atoms with Crippen molar-refractivity contribution in [1.82, 2.24) is 10.2 Å². The van der Waals surface area contributed by atoms with Gasteiger partial charge in [0.2, 0.25) is 0 Å². The second kappa shape index (κ2) is 9.61. The fourth-order valence-electron chi connectivity index (χ4n) is 2.84. The Bertz CT molecular complexity index is 1220. The van der Waals surface area contributed by atoms with E-state index in [1.54, 1.807) is 38.4 Å². The lowest BCUT2D eigenvalue weighted by molar-refractivity contribution is 0.0827. The highest BCUT2D eigenvalue weighted by Crippen LogP contribution is 2.19. The van der Waals surface area contributed by atoms with E-state index in [0.717, 1.165) is 11.6 Å². The summed E-state index contributed by atoms with van der Waals surface area (Å²) < 4.78 is 40.8. The molecule has 7 nitrogen and oxygen atoms in total. The Morgan fingerprint density at radius 1 is 0.875 bits per heavy atom. The van der Waals surface area contributed by atoms with Crippen LogP contribution in [-0.2, 0) is 16.6 Å². The molecule has 2 N–H and O–H groups in total. The minimum Gasteiger partial charge on any atom is -0.348 e. The number of sulfonamides is 1. The summed E-state index contributed by atoms with van der Waals surface area (Å²) in [6, 6.07) is 17.6. The molecule has 0 saturated heterocycles. The van der Waals surface area contributed by atoms with E-state index in [1.165, 1.54) is 47.4 Å². The zero-order valence-electron chi connectivity index (χ0n) is 17.5. The summed E-state index contributed by atoms with van der Waals surface area (Å²) in [6.45, 7) is 0.240. The Balaban J connectivity index is 1.62. The number of rotatable bonds is 7. The predicted molar refractivity (Wildman–Crippen MR) is 119 cm³/mol. The van der Waals surface area contributed by atoms with Gasteiger partial charge in [-0.1, -0.05) is 24.3 Å². The molecule has 0 spiro atoms. The smallest absolute Gasteiger partial charge is 0.261 e. The molecular weight excluding hydrogens is 433 g/mol. The van der Waals surface area contributed by atoms with Crippen molar-refractivity contribution in [2.24, 2.45) is 0 Å². The van der Waals surface area contributed by atoms with Crippen LogP contribution < -0.4 is 10.0 Å². The number of carbonyl (C=O) groups excluding carboxylic acids is 2. The lowest BCUT2D eigenvalue weighted by Crippen LogP contribution is -2.23. The number of anilines is 1. The Labute approximate surface area is 185 Å². The van der Waals surface area contributed by atoms with E-state index in [-0.39, 0.29) is 34.5 Å². The molecule has 3 aromatic carbocycles. The van der Waals surface area contributed by atoms with Crippen LogP contribution >= 0.6 is 0 Å². The van der Waals surface area contributed by atoms with Crippen LogP contribution in [0.4, 0.5) is 10.1 Å². The van der Waals surface area contributed by atoms with E-state index in [2.05, 4.69) is 10.0 Å². The van der Waals surface area contributed by atoms with Crippen LogP contribution in [0.15, 0.2) is 77.7 Å². The zero-order valence-corrected chi connectivity index (χ0v) is 18.3. The van der Waals surface area contributed by atoms with Gasteiger partial charge >= 0.3 is 0 Å². The van der Waals surface area contributed by atoms with Crippen LogP contribution in [-0.4, -0.2) is 39.2 Å². The number of amides is 2. The molecule has 0 aromatic heterocycles. The number of nitrogens with one attached hydrogen (secondary N) is 2. The highest BCUT2D eigenvalue weighted by atomic mass is 32.2. The standard InChI is InChI=1S/C23H22FN3O4S/c1-27(2)23(29)18-9-7-16(8-10-18)15-25-22(28)17-11-13-19(14-12-17)32(30,31)26-21-6-4-3-5-20(21)24/h3-14,26H,15H2,1-2H3,(H,25,28). The van der Waals surface area contributed by atoms with Crippen LogP contribution in [0.1, 0.15) is 26.3 Å². The summed E-state index contributed by atoms with van der Waals surface area (Å²) in [5, 5.41) is 2.74. The van der Waals surface area contributed by atoms with Gasteiger partial charge in [-0.25, -0.2) is 12.8 Å². The number of halogens is 1. The molecule has 3 rings (SSSR count). The minimum atomic E-state index is -4.00. The quantitative estimate of drug-likeness (QED) is 0.572. The van der Waals surface area contributed by atoms with Crippen molar-refractivity contribution in [3.05, 3.63) is 95.3 Å². The highest BCUT2D eigenvalue weighted by molar-refractivity contribution is 7.92. The van der Waals surface area contributed by atoms with E-state index < -0.39 is 15.8 Å². The van der Waals surface area contributed by atoms with Crippen molar-refractivity contribution in [3.8, 4) is 0 Å². The van der Waals surface area contributed by atoms with Crippen LogP contribution in [0.25, 0.3) is 0 Å². The van der Waals surface area contributed by atoms with Gasteiger partial charge in [0.05, 0.1) is 10.6 Å². The van der Waals surface area contributed by atoms with Gasteiger partial charge in [0.25, 0.3) is 21.8 Å². The first kappa shape index (κ1) is 23.0. The maximum absolute atomic E-state index is 13.7. The normalized spacial score (nSPS) is 11.0. The number of hydrogen-bond donors (Lipinski definition) is 2. The average molecular weight is 456 g/mol. The zero-order chi connectivity index (χ0) is 23.3. The van der Waals surface area contributed by atoms with Crippen LogP contribution in [0.5, 0.6) is 0 Å². The average Bonchev–Trinajstić information content (AvgIpc) is 2.78. The molecule has 0 fully saturated rings. The lowest BCUT2D eigenvalue weighted by Gasteiger charge is -2.11. The maximum atomic E-state index is 13.7. The molecule has 0 saturated carbocycles. The van der Waals surface area contributed by atoms with Gasteiger partial charge in [-0.3, -0.25) is 14.3 Å². The number of hydrogen-bond acceptors (Lipinski definition) is 4. The van der Waals surface area contributed by atoms with Crippen molar-refractivity contribution >= 4 is 27.5 Å². The third-order valence-corrected chi connectivity index (χ3v) is 5.99. The fourth-order valence-corrected chi connectivity index (χ4v) is 3.91. The van der Waals surface area contributed by atoms with Crippen molar-refractivity contribution in [2.45, 2.75) is 11.4 Å². The Morgan fingerprint density at radius 3 is 2.06 bits per heavy atom. The third kappa shape index (κ3) is 5.50. The van der Waals surface area contributed by atoms with Crippen molar-refractivity contribution in [3.63, 3.8) is 0 Å². The van der Waals surface area contributed by atoms with Gasteiger partial charge < -0.3 is 10.2 Å². The van der Waals surface area contributed by atoms with E-state index in [1.807, 2.05) is 0 Å². The highest BCUT2D eigenvalue weighted by Gasteiger charge is 2.17. The molecule has 3 aromatic rings. The molecule has 32 heavy (non-hydrogen) atoms. The summed E-state index contributed by atoms with van der Waals surface area (Å²) in [5.74, 6) is -1.18. The predicted octanol–water partition coefficient (Wildman–Crippen LogP) is 3.26. The van der Waals surface area contributed by atoms with E-state index >= 15 is 0 Å². The maximum Gasteiger partial charge on any atom is 0.261 e. The molecular formula is C23H22FN3O4S. The Morgan fingerprint density at radius 2 is 1.47 bits per heavy atom. The van der Waals surface area contributed by atoms with E-state index in [0.29, 0.717) is 5.56 Å². The molecule has 0 radical (unpaired) electrons. The number of carbonyl (C=O) groups is 2. The summed E-state index contributed by atoms with van der Waals surface area (Å²) >= 11 is 0. The molecule has 0 bridgehead atoms. The van der Waals surface area contributed by atoms with Crippen LogP contribution in [0, 0.1) is 5.82 Å². The second-order valence-corrected chi connectivity index (χ2v) is 8.87. The number of nitrogens with zero attached hydrogens (tertiary/aromatic N) is 1. The Hall–Kier alpha value is -3.72. The molecule has 0 aliphatic rings. The first-order chi connectivity index (χ1) is 15.2. The SMILES string of the molecule is CN(C)C(=O)c1ccc(CNC(=O)c2ccc(S(=O)(=O)Nc3ccccc3F)cc2)cc1. The molecule has 0 aliphatic carbocycles. The fraction of sp³-hybridized carbons (Fsp3) is 0.130. The van der Waals surface area contributed by atoms with Gasteiger partial charge in [0.1, 0.15) is 5.82 Å². The van der Waals surface area contributed by atoms with Crippen LogP contribution in [0.2, 0.25) is 0 Å². The summed E-state index contributed by atoms with van der Waals surface area (Å²) in [5.41, 5.74) is 1.47. The van der Waals surface area contributed by atoms with Gasteiger partial charge in [0, 0.05) is 31.8 Å².